The number of oxazole rings is 1. The Bertz CT molecular complexity index is 806. The summed E-state index contributed by atoms with van der Waals surface area (Å²) in [6.07, 6.45) is 2.01. The molecule has 3 aromatic rings. The van der Waals surface area contributed by atoms with Crippen LogP contribution in [0.2, 0.25) is 0 Å². The monoisotopic (exact) mass is 298 g/mol. The van der Waals surface area contributed by atoms with Crippen molar-refractivity contribution in [3.63, 3.8) is 0 Å². The lowest BCUT2D eigenvalue weighted by molar-refractivity contribution is 0.417. The van der Waals surface area contributed by atoms with Gasteiger partial charge in [-0.2, -0.15) is 0 Å². The number of rotatable bonds is 6. The maximum Gasteiger partial charge on any atom is 0.417 e. The molecule has 5 heteroatoms. The minimum Gasteiger partial charge on any atom is -0.495 e. The molecule has 0 unspecified atom stereocenters. The van der Waals surface area contributed by atoms with E-state index in [0.717, 1.165) is 25.1 Å². The van der Waals surface area contributed by atoms with Crippen LogP contribution in [0, 0.1) is 0 Å². The van der Waals surface area contributed by atoms with Crippen LogP contribution in [-0.4, -0.2) is 18.6 Å². The van der Waals surface area contributed by atoms with Gasteiger partial charge in [0, 0.05) is 18.7 Å². The number of aromatic nitrogens is 1. The summed E-state index contributed by atoms with van der Waals surface area (Å²) in [6, 6.07) is 13.9. The zero-order valence-electron chi connectivity index (χ0n) is 12.4. The normalized spacial score (nSPS) is 10.8. The maximum atomic E-state index is 11.2. The molecular weight excluding hydrogens is 280 g/mol. The molecule has 1 heterocycles. The highest BCUT2D eigenvalue weighted by molar-refractivity contribution is 5.81. The van der Waals surface area contributed by atoms with Crippen molar-refractivity contribution in [3.05, 3.63) is 58.6 Å². The second kappa shape index (κ2) is 6.39. The van der Waals surface area contributed by atoms with E-state index in [1.807, 2.05) is 18.2 Å². The first-order valence-electron chi connectivity index (χ1n) is 7.25. The van der Waals surface area contributed by atoms with Crippen molar-refractivity contribution < 1.29 is 9.15 Å². The van der Waals surface area contributed by atoms with Gasteiger partial charge < -0.3 is 14.5 Å². The summed E-state index contributed by atoms with van der Waals surface area (Å²) in [5.41, 5.74) is 3.31. The smallest absolute Gasteiger partial charge is 0.417 e. The molecule has 0 spiro atoms. The first-order valence-corrected chi connectivity index (χ1v) is 7.25. The van der Waals surface area contributed by atoms with Gasteiger partial charge in [-0.1, -0.05) is 30.3 Å². The average molecular weight is 298 g/mol. The Hall–Kier alpha value is -2.69. The van der Waals surface area contributed by atoms with Gasteiger partial charge in [-0.15, -0.1) is 0 Å². The fourth-order valence-electron chi connectivity index (χ4n) is 2.44. The summed E-state index contributed by atoms with van der Waals surface area (Å²) in [5.74, 6) is 0.225. The van der Waals surface area contributed by atoms with E-state index in [1.54, 1.807) is 19.2 Å². The first kappa shape index (κ1) is 14.3. The van der Waals surface area contributed by atoms with E-state index in [2.05, 4.69) is 22.4 Å². The van der Waals surface area contributed by atoms with Gasteiger partial charge in [-0.05, 0) is 18.4 Å². The van der Waals surface area contributed by atoms with Gasteiger partial charge in [0.1, 0.15) is 5.75 Å². The summed E-state index contributed by atoms with van der Waals surface area (Å²) < 4.78 is 10.4. The first-order chi connectivity index (χ1) is 10.8. The fourth-order valence-corrected chi connectivity index (χ4v) is 2.44. The number of fused-ring (bicyclic) bond motifs is 1. The third-order valence-electron chi connectivity index (χ3n) is 3.54. The van der Waals surface area contributed by atoms with E-state index in [9.17, 15) is 4.79 Å². The molecule has 0 saturated carbocycles. The second-order valence-electron chi connectivity index (χ2n) is 5.08. The molecule has 2 aromatic carbocycles. The van der Waals surface area contributed by atoms with Crippen molar-refractivity contribution in [2.45, 2.75) is 12.8 Å². The van der Waals surface area contributed by atoms with Crippen LogP contribution in [0.5, 0.6) is 5.75 Å². The number of H-pyrrole nitrogens is 1. The Labute approximate surface area is 127 Å². The van der Waals surface area contributed by atoms with Gasteiger partial charge in [0.25, 0.3) is 0 Å². The van der Waals surface area contributed by atoms with Crippen molar-refractivity contribution in [2.24, 2.45) is 0 Å². The molecule has 0 bridgehead atoms. The summed E-state index contributed by atoms with van der Waals surface area (Å²) in [7, 11) is 1.61. The second-order valence-corrected chi connectivity index (χ2v) is 5.08. The molecule has 5 nitrogen and oxygen atoms in total. The Balaban J connectivity index is 1.66. The lowest BCUT2D eigenvalue weighted by Gasteiger charge is -2.11. The van der Waals surface area contributed by atoms with E-state index in [-0.39, 0.29) is 0 Å². The van der Waals surface area contributed by atoms with E-state index in [0.29, 0.717) is 16.8 Å². The molecule has 0 fully saturated rings. The average Bonchev–Trinajstić information content (AvgIpc) is 2.90. The summed E-state index contributed by atoms with van der Waals surface area (Å²) in [6.45, 7) is 0.811. The number of ether oxygens (including phenoxy) is 1. The molecule has 22 heavy (non-hydrogen) atoms. The number of hydrogen-bond acceptors (Lipinski definition) is 4. The van der Waals surface area contributed by atoms with Crippen LogP contribution in [-0.2, 0) is 6.42 Å². The van der Waals surface area contributed by atoms with Gasteiger partial charge in [0.15, 0.2) is 5.58 Å². The number of nitrogens with one attached hydrogen (secondary N) is 2. The molecule has 0 aliphatic rings. The summed E-state index contributed by atoms with van der Waals surface area (Å²) in [4.78, 5) is 13.9. The molecule has 114 valence electrons. The number of hydrogen-bond donors (Lipinski definition) is 2. The predicted molar refractivity (Wildman–Crippen MR) is 86.6 cm³/mol. The third kappa shape index (κ3) is 3.14. The van der Waals surface area contributed by atoms with Gasteiger partial charge in [0.05, 0.1) is 18.3 Å². The molecule has 0 aliphatic heterocycles. The highest BCUT2D eigenvalue weighted by atomic mass is 16.5. The minimum absolute atomic E-state index is 0.460. The highest BCUT2D eigenvalue weighted by Gasteiger charge is 2.09. The Morgan fingerprint density at radius 3 is 2.82 bits per heavy atom. The van der Waals surface area contributed by atoms with Gasteiger partial charge >= 0.3 is 5.76 Å². The topological polar surface area (TPSA) is 67.3 Å². The van der Waals surface area contributed by atoms with Crippen LogP contribution >= 0.6 is 0 Å². The van der Waals surface area contributed by atoms with Crippen LogP contribution in [0.4, 0.5) is 5.69 Å². The Kier molecular flexibility index (Phi) is 4.14. The van der Waals surface area contributed by atoms with Crippen molar-refractivity contribution in [3.8, 4) is 5.75 Å². The highest BCUT2D eigenvalue weighted by Crippen LogP contribution is 2.29. The van der Waals surface area contributed by atoms with E-state index in [4.69, 9.17) is 9.15 Å². The fraction of sp³-hybridized carbons (Fsp3) is 0.235. The third-order valence-corrected chi connectivity index (χ3v) is 3.54. The van der Waals surface area contributed by atoms with Crippen molar-refractivity contribution in [2.75, 3.05) is 19.0 Å². The molecule has 0 saturated heterocycles. The van der Waals surface area contributed by atoms with Crippen LogP contribution < -0.4 is 15.8 Å². The van der Waals surface area contributed by atoms with Crippen LogP contribution in [0.1, 0.15) is 12.0 Å². The van der Waals surface area contributed by atoms with Crippen LogP contribution in [0.15, 0.2) is 51.7 Å². The zero-order chi connectivity index (χ0) is 15.4. The SMILES string of the molecule is COc1cc2[nH]c(=O)oc2cc1NCCCc1ccccc1. The van der Waals surface area contributed by atoms with Crippen LogP contribution in [0.3, 0.4) is 0 Å². The van der Waals surface area contributed by atoms with E-state index < -0.39 is 5.76 Å². The van der Waals surface area contributed by atoms with Crippen molar-refractivity contribution in [1.29, 1.82) is 0 Å². The largest absolute Gasteiger partial charge is 0.495 e. The van der Waals surface area contributed by atoms with E-state index >= 15 is 0 Å². The Morgan fingerprint density at radius 1 is 1.23 bits per heavy atom. The summed E-state index contributed by atoms with van der Waals surface area (Å²) in [5, 5.41) is 3.33. The van der Waals surface area contributed by atoms with Gasteiger partial charge in [0.2, 0.25) is 0 Å². The van der Waals surface area contributed by atoms with Gasteiger partial charge in [-0.25, -0.2) is 4.79 Å². The zero-order valence-corrected chi connectivity index (χ0v) is 12.4. The molecule has 0 radical (unpaired) electrons. The standard InChI is InChI=1S/C17H18N2O3/c1-21-15-11-14-16(22-17(20)19-14)10-13(15)18-9-5-8-12-6-3-2-4-7-12/h2-4,6-7,10-11,18H,5,8-9H2,1H3,(H,19,20). The molecule has 0 amide bonds. The lowest BCUT2D eigenvalue weighted by atomic mass is 10.1. The molecule has 0 atom stereocenters. The van der Waals surface area contributed by atoms with Crippen molar-refractivity contribution >= 4 is 16.8 Å². The Morgan fingerprint density at radius 2 is 2.05 bits per heavy atom. The molecular formula is C17H18N2O3. The number of aryl methyl sites for hydroxylation is 1. The number of aromatic amines is 1. The maximum absolute atomic E-state index is 11.2. The van der Waals surface area contributed by atoms with Crippen molar-refractivity contribution in [1.82, 2.24) is 4.98 Å². The van der Waals surface area contributed by atoms with Gasteiger partial charge in [-0.3, -0.25) is 4.98 Å². The number of methoxy groups -OCH3 is 1. The van der Waals surface area contributed by atoms with E-state index in [1.165, 1.54) is 5.56 Å². The van der Waals surface area contributed by atoms with Crippen LogP contribution in [0.25, 0.3) is 11.1 Å². The molecule has 1 aromatic heterocycles. The lowest BCUT2D eigenvalue weighted by Crippen LogP contribution is -2.04. The molecule has 0 aliphatic carbocycles. The number of anilines is 1. The quantitative estimate of drug-likeness (QED) is 0.686. The summed E-state index contributed by atoms with van der Waals surface area (Å²) >= 11 is 0. The minimum atomic E-state index is -0.460. The molecule has 2 N–H and O–H groups in total. The molecule has 3 rings (SSSR count). The predicted octanol–water partition coefficient (Wildman–Crippen LogP) is 3.17. The number of benzene rings is 2.